The fraction of sp³-hybridized carbons (Fsp3) is 0.419. The highest BCUT2D eigenvalue weighted by Gasteiger charge is 2.58. The van der Waals surface area contributed by atoms with E-state index in [-0.39, 0.29) is 18.7 Å². The van der Waals surface area contributed by atoms with Gasteiger partial charge in [-0.25, -0.2) is 4.79 Å². The zero-order valence-electron chi connectivity index (χ0n) is 24.3. The molecule has 2 saturated heterocycles. The summed E-state index contributed by atoms with van der Waals surface area (Å²) in [5.41, 5.74) is -0.794. The van der Waals surface area contributed by atoms with Crippen LogP contribution in [0.25, 0.3) is 0 Å². The predicted octanol–water partition coefficient (Wildman–Crippen LogP) is 4.77. The number of halogens is 3. The number of β-lactam (4-membered cyclic amide) rings is 1. The van der Waals surface area contributed by atoms with E-state index in [4.69, 9.17) is 9.47 Å². The minimum absolute atomic E-state index is 0.0357. The van der Waals surface area contributed by atoms with E-state index in [1.165, 1.54) is 21.9 Å². The van der Waals surface area contributed by atoms with Crippen molar-refractivity contribution in [1.29, 1.82) is 0 Å². The second kappa shape index (κ2) is 12.5. The van der Waals surface area contributed by atoms with Crippen molar-refractivity contribution in [3.8, 4) is 0 Å². The number of alkyl halides is 3. The highest BCUT2D eigenvalue weighted by molar-refractivity contribution is 5.99. The van der Waals surface area contributed by atoms with E-state index in [1.807, 2.05) is 18.2 Å². The van der Waals surface area contributed by atoms with E-state index >= 15 is 0 Å². The topological polar surface area (TPSA) is 105 Å². The Kier molecular flexibility index (Phi) is 9.17. The van der Waals surface area contributed by atoms with Gasteiger partial charge in [-0.2, -0.15) is 13.2 Å². The lowest BCUT2D eigenvalue weighted by Crippen LogP contribution is -2.74. The number of nitrogens with zero attached hydrogens (tertiary/aromatic N) is 2. The molecule has 2 aliphatic heterocycles. The van der Waals surface area contributed by atoms with Crippen LogP contribution in [0.15, 0.2) is 66.7 Å². The third-order valence-corrected chi connectivity index (χ3v) is 7.08. The maximum Gasteiger partial charge on any atom is 0.416 e. The molecule has 2 aromatic rings. The van der Waals surface area contributed by atoms with E-state index in [0.29, 0.717) is 0 Å². The van der Waals surface area contributed by atoms with E-state index in [0.717, 1.165) is 17.7 Å². The van der Waals surface area contributed by atoms with Crippen LogP contribution < -0.4 is 5.32 Å². The smallest absolute Gasteiger partial charge is 0.416 e. The minimum atomic E-state index is -4.56. The van der Waals surface area contributed by atoms with Crippen molar-refractivity contribution in [2.24, 2.45) is 0 Å². The number of amides is 3. The van der Waals surface area contributed by atoms with Crippen molar-refractivity contribution in [3.63, 3.8) is 0 Å². The maximum absolute atomic E-state index is 13.8. The van der Waals surface area contributed by atoms with Crippen molar-refractivity contribution < 1.29 is 41.8 Å². The van der Waals surface area contributed by atoms with E-state index < -0.39 is 71.8 Å². The first-order chi connectivity index (χ1) is 20.2. The summed E-state index contributed by atoms with van der Waals surface area (Å²) in [6.45, 7) is 6.44. The van der Waals surface area contributed by atoms with Gasteiger partial charge in [0.25, 0.3) is 0 Å². The molecular formula is C31H34F3N3O6. The summed E-state index contributed by atoms with van der Waals surface area (Å²) in [6, 6.07) is 9.86. The van der Waals surface area contributed by atoms with Gasteiger partial charge < -0.3 is 19.7 Å². The standard InChI is InChI=1S/C31H34F3N3O6/c1-5-10-22-26(37-24(18-42-29(37)41)20-12-7-6-8-13-20)28(40)36(22)23(16-25(38)43-30(2,3)4)27(39)35-17-19-11-9-14-21(15-19)31(32,33)34/h5-15,22-24,26H,16-18H2,1-4H3,(H,35,39)/t22?,23?,24-,26?/m1/s1. The summed E-state index contributed by atoms with van der Waals surface area (Å²) in [4.78, 5) is 55.6. The lowest BCUT2D eigenvalue weighted by Gasteiger charge is -2.52. The molecule has 1 N–H and O–H groups in total. The fourth-order valence-corrected chi connectivity index (χ4v) is 5.25. The summed E-state index contributed by atoms with van der Waals surface area (Å²) >= 11 is 0. The first-order valence-electron chi connectivity index (χ1n) is 13.8. The Labute approximate surface area is 247 Å². The Balaban J connectivity index is 1.61. The number of benzene rings is 2. The van der Waals surface area contributed by atoms with Crippen LogP contribution in [0.5, 0.6) is 0 Å². The molecule has 4 rings (SSSR count). The molecule has 12 heteroatoms. The van der Waals surface area contributed by atoms with Crippen LogP contribution >= 0.6 is 0 Å². The molecule has 3 unspecified atom stereocenters. The summed E-state index contributed by atoms with van der Waals surface area (Å²) in [5, 5.41) is 2.57. The Hall–Kier alpha value is -4.35. The normalized spacial score (nSPS) is 21.4. The molecule has 230 valence electrons. The highest BCUT2D eigenvalue weighted by Crippen LogP contribution is 2.38. The molecule has 2 fully saturated rings. The lowest BCUT2D eigenvalue weighted by molar-refractivity contribution is -0.168. The molecule has 3 amide bonds. The van der Waals surface area contributed by atoms with Crippen molar-refractivity contribution in [2.75, 3.05) is 6.61 Å². The van der Waals surface area contributed by atoms with Gasteiger partial charge in [-0.05, 0) is 51.0 Å². The summed E-state index contributed by atoms with van der Waals surface area (Å²) in [5.74, 6) is -2.08. The molecule has 0 aliphatic carbocycles. The Morgan fingerprint density at radius 2 is 1.79 bits per heavy atom. The van der Waals surface area contributed by atoms with Crippen LogP contribution in [-0.2, 0) is 36.6 Å². The van der Waals surface area contributed by atoms with Gasteiger partial charge in [0.15, 0.2) is 0 Å². The van der Waals surface area contributed by atoms with Crippen LogP contribution in [0.2, 0.25) is 0 Å². The second-order valence-corrected chi connectivity index (χ2v) is 11.3. The number of ether oxygens (including phenoxy) is 2. The van der Waals surface area contributed by atoms with Gasteiger partial charge in [-0.15, -0.1) is 0 Å². The first kappa shape index (κ1) is 31.6. The summed E-state index contributed by atoms with van der Waals surface area (Å²) < 4.78 is 50.3. The zero-order valence-corrected chi connectivity index (χ0v) is 24.3. The number of rotatable bonds is 9. The molecule has 43 heavy (non-hydrogen) atoms. The first-order valence-corrected chi connectivity index (χ1v) is 13.8. The average Bonchev–Trinajstić information content (AvgIpc) is 3.30. The number of esters is 1. The molecule has 0 spiro atoms. The molecule has 2 aromatic carbocycles. The number of nitrogens with one attached hydrogen (secondary N) is 1. The van der Waals surface area contributed by atoms with Crippen LogP contribution in [0.1, 0.15) is 56.8 Å². The lowest BCUT2D eigenvalue weighted by atomic mass is 9.88. The van der Waals surface area contributed by atoms with Crippen molar-refractivity contribution in [1.82, 2.24) is 15.1 Å². The van der Waals surface area contributed by atoms with Gasteiger partial charge in [0.05, 0.1) is 24.1 Å². The Morgan fingerprint density at radius 3 is 2.42 bits per heavy atom. The van der Waals surface area contributed by atoms with Crippen LogP contribution in [-0.4, -0.2) is 64.0 Å². The van der Waals surface area contributed by atoms with Crippen LogP contribution in [0.4, 0.5) is 18.0 Å². The summed E-state index contributed by atoms with van der Waals surface area (Å²) in [6.07, 6.45) is -2.43. The molecule has 0 bridgehead atoms. The largest absolute Gasteiger partial charge is 0.460 e. The van der Waals surface area contributed by atoms with Gasteiger partial charge in [0, 0.05) is 6.54 Å². The number of likely N-dealkylation sites (tertiary alicyclic amines) is 1. The SMILES string of the molecule is CC=CC1C(N2C(=O)OC[C@@H]2c2ccccc2)C(=O)N1C(CC(=O)OC(C)(C)C)C(=O)NCc1cccc(C(F)(F)F)c1. The Bertz CT molecular complexity index is 1390. The van der Waals surface area contributed by atoms with Gasteiger partial charge in [0.1, 0.15) is 24.3 Å². The second-order valence-electron chi connectivity index (χ2n) is 11.3. The maximum atomic E-state index is 13.8. The molecule has 2 aliphatic rings. The number of carbonyl (C=O) groups excluding carboxylic acids is 4. The molecule has 9 nitrogen and oxygen atoms in total. The monoisotopic (exact) mass is 601 g/mol. The number of hydrogen-bond donors (Lipinski definition) is 1. The number of allylic oxidation sites excluding steroid dienone is 1. The average molecular weight is 602 g/mol. The predicted molar refractivity (Wildman–Crippen MR) is 149 cm³/mol. The van der Waals surface area contributed by atoms with Crippen LogP contribution in [0.3, 0.4) is 0 Å². The third kappa shape index (κ3) is 7.18. The van der Waals surface area contributed by atoms with Crippen molar-refractivity contribution in [2.45, 2.75) is 76.6 Å². The van der Waals surface area contributed by atoms with Crippen LogP contribution in [0, 0.1) is 0 Å². The highest BCUT2D eigenvalue weighted by atomic mass is 19.4. The molecule has 2 heterocycles. The molecule has 0 saturated carbocycles. The van der Waals surface area contributed by atoms with Gasteiger partial charge in [0.2, 0.25) is 11.8 Å². The van der Waals surface area contributed by atoms with E-state index in [9.17, 15) is 32.3 Å². The zero-order chi connectivity index (χ0) is 31.5. The van der Waals surface area contributed by atoms with Gasteiger partial charge >= 0.3 is 18.2 Å². The number of carbonyl (C=O) groups is 4. The Morgan fingerprint density at radius 1 is 1.09 bits per heavy atom. The number of hydrogen-bond acceptors (Lipinski definition) is 6. The quantitative estimate of drug-likeness (QED) is 0.252. The van der Waals surface area contributed by atoms with Crippen molar-refractivity contribution >= 4 is 23.9 Å². The fourth-order valence-electron chi connectivity index (χ4n) is 5.25. The van der Waals surface area contributed by atoms with E-state index in [2.05, 4.69) is 5.32 Å². The van der Waals surface area contributed by atoms with E-state index in [1.54, 1.807) is 52.0 Å². The summed E-state index contributed by atoms with van der Waals surface area (Å²) in [7, 11) is 0. The molecule has 4 atom stereocenters. The van der Waals surface area contributed by atoms with Gasteiger partial charge in [-0.1, -0.05) is 54.6 Å². The molecule has 0 radical (unpaired) electrons. The van der Waals surface area contributed by atoms with Crippen molar-refractivity contribution in [3.05, 3.63) is 83.4 Å². The number of cyclic esters (lactones) is 1. The molecule has 0 aromatic heterocycles. The third-order valence-electron chi connectivity index (χ3n) is 7.08. The van der Waals surface area contributed by atoms with Gasteiger partial charge in [-0.3, -0.25) is 19.3 Å². The molecular weight excluding hydrogens is 567 g/mol. The minimum Gasteiger partial charge on any atom is -0.460 e.